The number of carbonyl (C=O) groups excluding carboxylic acids is 2. The number of rotatable bonds is 7. The van der Waals surface area contributed by atoms with E-state index in [4.69, 9.17) is 11.6 Å². The highest BCUT2D eigenvalue weighted by Crippen LogP contribution is 2.23. The van der Waals surface area contributed by atoms with Crippen molar-refractivity contribution in [1.82, 2.24) is 10.2 Å². The molecule has 0 unspecified atom stereocenters. The van der Waals surface area contributed by atoms with E-state index in [1.807, 2.05) is 36.4 Å². The molecule has 0 atom stereocenters. The van der Waals surface area contributed by atoms with Crippen LogP contribution in [0.3, 0.4) is 0 Å². The summed E-state index contributed by atoms with van der Waals surface area (Å²) < 4.78 is 0. The zero-order valence-electron chi connectivity index (χ0n) is 19.2. The summed E-state index contributed by atoms with van der Waals surface area (Å²) in [4.78, 5) is 27.5. The number of likely N-dealkylation sites (tertiary alicyclic amines) is 1. The molecule has 176 valence electrons. The molecule has 1 saturated heterocycles. The lowest BCUT2D eigenvalue weighted by atomic mass is 9.92. The molecule has 1 aliphatic heterocycles. The van der Waals surface area contributed by atoms with Gasteiger partial charge in [-0.2, -0.15) is 0 Å². The minimum absolute atomic E-state index is 0.0787. The lowest BCUT2D eigenvalue weighted by Gasteiger charge is -2.32. The Kier molecular flexibility index (Phi) is 8.40. The van der Waals surface area contributed by atoms with Gasteiger partial charge in [0.2, 0.25) is 11.8 Å². The molecule has 4 rings (SSSR count). The lowest BCUT2D eigenvalue weighted by Crippen LogP contribution is -2.44. The Morgan fingerprint density at radius 3 is 2.45 bits per heavy atom. The van der Waals surface area contributed by atoms with E-state index in [1.165, 1.54) is 19.3 Å². The van der Waals surface area contributed by atoms with Crippen molar-refractivity contribution in [3.63, 3.8) is 0 Å². The number of nitrogens with one attached hydrogen (secondary N) is 2. The van der Waals surface area contributed by atoms with Crippen molar-refractivity contribution in [2.45, 2.75) is 64.0 Å². The van der Waals surface area contributed by atoms with Crippen LogP contribution in [0, 0.1) is 5.92 Å². The first-order valence-corrected chi connectivity index (χ1v) is 12.6. The molecule has 1 saturated carbocycles. The highest BCUT2D eigenvalue weighted by atomic mass is 35.5. The monoisotopic (exact) mass is 467 g/mol. The quantitative estimate of drug-likeness (QED) is 0.589. The molecule has 2 aliphatic rings. The van der Waals surface area contributed by atoms with Crippen molar-refractivity contribution in [2.75, 3.05) is 18.4 Å². The lowest BCUT2D eigenvalue weighted by molar-refractivity contribution is -0.127. The van der Waals surface area contributed by atoms with Gasteiger partial charge in [0.25, 0.3) is 0 Å². The van der Waals surface area contributed by atoms with Gasteiger partial charge in [-0.3, -0.25) is 14.5 Å². The van der Waals surface area contributed by atoms with E-state index in [0.717, 1.165) is 62.1 Å². The first-order chi connectivity index (χ1) is 16.1. The second-order valence-electron chi connectivity index (χ2n) is 9.41. The van der Waals surface area contributed by atoms with E-state index in [-0.39, 0.29) is 24.2 Å². The number of amides is 2. The van der Waals surface area contributed by atoms with Crippen LogP contribution in [0.4, 0.5) is 5.69 Å². The van der Waals surface area contributed by atoms with Gasteiger partial charge >= 0.3 is 0 Å². The van der Waals surface area contributed by atoms with Crippen LogP contribution in [0.25, 0.3) is 0 Å². The van der Waals surface area contributed by atoms with Gasteiger partial charge in [-0.05, 0) is 68.1 Å². The van der Waals surface area contributed by atoms with Gasteiger partial charge in [0.05, 0.1) is 6.42 Å². The minimum atomic E-state index is -0.0787. The number of anilines is 1. The maximum atomic E-state index is 12.7. The van der Waals surface area contributed by atoms with Gasteiger partial charge in [0.1, 0.15) is 0 Å². The van der Waals surface area contributed by atoms with Crippen LogP contribution in [0.15, 0.2) is 48.5 Å². The molecule has 0 bridgehead atoms. The van der Waals surface area contributed by atoms with Crippen LogP contribution in [0.1, 0.15) is 56.1 Å². The van der Waals surface area contributed by atoms with E-state index in [2.05, 4.69) is 21.6 Å². The molecule has 33 heavy (non-hydrogen) atoms. The van der Waals surface area contributed by atoms with Gasteiger partial charge < -0.3 is 10.6 Å². The third kappa shape index (κ3) is 7.05. The van der Waals surface area contributed by atoms with Crippen molar-refractivity contribution >= 4 is 29.1 Å². The zero-order valence-corrected chi connectivity index (χ0v) is 19.9. The largest absolute Gasteiger partial charge is 0.353 e. The number of piperidine rings is 1. The van der Waals surface area contributed by atoms with E-state index in [1.54, 1.807) is 6.07 Å². The Balaban J connectivity index is 1.24. The third-order valence-electron chi connectivity index (χ3n) is 6.84. The summed E-state index contributed by atoms with van der Waals surface area (Å²) in [5.74, 6) is 0.313. The standard InChI is InChI=1S/C27H34ClN3O2/c28-25-12-5-4-8-22(25)18-26(32)29-24-11-6-7-20(17-24)19-31-15-13-21(14-16-31)27(33)30-23-9-2-1-3-10-23/h4-8,11-12,17,21,23H,1-3,9-10,13-16,18-19H2,(H,29,32)(H,30,33). The summed E-state index contributed by atoms with van der Waals surface area (Å²) in [6.07, 6.45) is 8.12. The van der Waals surface area contributed by atoms with Crippen molar-refractivity contribution < 1.29 is 9.59 Å². The fraction of sp³-hybridized carbons (Fsp3) is 0.481. The molecular weight excluding hydrogens is 434 g/mol. The molecule has 0 radical (unpaired) electrons. The van der Waals surface area contributed by atoms with Gasteiger partial charge in [0.15, 0.2) is 0 Å². The fourth-order valence-corrected chi connectivity index (χ4v) is 5.15. The second-order valence-corrected chi connectivity index (χ2v) is 9.82. The Morgan fingerprint density at radius 2 is 1.70 bits per heavy atom. The van der Waals surface area contributed by atoms with Crippen LogP contribution < -0.4 is 10.6 Å². The summed E-state index contributed by atoms with van der Waals surface area (Å²) in [6, 6.07) is 15.8. The maximum Gasteiger partial charge on any atom is 0.228 e. The number of hydrogen-bond acceptors (Lipinski definition) is 3. The average molecular weight is 468 g/mol. The number of benzene rings is 2. The Bertz CT molecular complexity index is 950. The van der Waals surface area contributed by atoms with Gasteiger partial charge in [-0.25, -0.2) is 0 Å². The zero-order chi connectivity index (χ0) is 23.0. The SMILES string of the molecule is O=C(Cc1ccccc1Cl)Nc1cccc(CN2CCC(C(=O)NC3CCCCC3)CC2)c1. The minimum Gasteiger partial charge on any atom is -0.353 e. The molecular formula is C27H34ClN3O2. The van der Waals surface area contributed by atoms with Crippen LogP contribution in [-0.2, 0) is 22.6 Å². The van der Waals surface area contributed by atoms with Crippen molar-refractivity contribution in [3.05, 3.63) is 64.7 Å². The highest BCUT2D eigenvalue weighted by Gasteiger charge is 2.27. The molecule has 2 aromatic carbocycles. The first kappa shape index (κ1) is 23.8. The van der Waals surface area contributed by atoms with E-state index in [9.17, 15) is 9.59 Å². The summed E-state index contributed by atoms with van der Waals surface area (Å²) in [5, 5.41) is 6.89. The van der Waals surface area contributed by atoms with Gasteiger partial charge in [0, 0.05) is 29.2 Å². The highest BCUT2D eigenvalue weighted by molar-refractivity contribution is 6.31. The summed E-state index contributed by atoms with van der Waals surface area (Å²) in [7, 11) is 0. The van der Waals surface area contributed by atoms with Crippen LogP contribution >= 0.6 is 11.6 Å². The smallest absolute Gasteiger partial charge is 0.228 e. The fourth-order valence-electron chi connectivity index (χ4n) is 4.94. The summed E-state index contributed by atoms with van der Waals surface area (Å²) in [5.41, 5.74) is 2.78. The van der Waals surface area contributed by atoms with Crippen molar-refractivity contribution in [1.29, 1.82) is 0 Å². The molecule has 2 fully saturated rings. The molecule has 2 amide bonds. The maximum absolute atomic E-state index is 12.7. The summed E-state index contributed by atoms with van der Waals surface area (Å²) in [6.45, 7) is 2.67. The Hall–Kier alpha value is -2.37. The Labute approximate surface area is 201 Å². The number of hydrogen-bond donors (Lipinski definition) is 2. The number of halogens is 1. The van der Waals surface area contributed by atoms with E-state index >= 15 is 0 Å². The van der Waals surface area contributed by atoms with Crippen LogP contribution in [-0.4, -0.2) is 35.8 Å². The number of carbonyl (C=O) groups is 2. The van der Waals surface area contributed by atoms with Crippen molar-refractivity contribution in [3.8, 4) is 0 Å². The topological polar surface area (TPSA) is 61.4 Å². The van der Waals surface area contributed by atoms with Gasteiger partial charge in [-0.15, -0.1) is 0 Å². The third-order valence-corrected chi connectivity index (χ3v) is 7.20. The summed E-state index contributed by atoms with van der Waals surface area (Å²) >= 11 is 6.17. The first-order valence-electron chi connectivity index (χ1n) is 12.2. The Morgan fingerprint density at radius 1 is 0.939 bits per heavy atom. The van der Waals surface area contributed by atoms with E-state index in [0.29, 0.717) is 11.1 Å². The molecule has 0 aromatic heterocycles. The van der Waals surface area contributed by atoms with Crippen LogP contribution in [0.5, 0.6) is 0 Å². The van der Waals surface area contributed by atoms with Crippen molar-refractivity contribution in [2.24, 2.45) is 5.92 Å². The molecule has 2 aromatic rings. The molecule has 0 spiro atoms. The number of nitrogens with zero attached hydrogens (tertiary/aromatic N) is 1. The van der Waals surface area contributed by atoms with Gasteiger partial charge in [-0.1, -0.05) is 61.2 Å². The molecule has 2 N–H and O–H groups in total. The average Bonchev–Trinajstić information content (AvgIpc) is 2.82. The normalized spacial score (nSPS) is 18.1. The predicted molar refractivity (Wildman–Crippen MR) is 133 cm³/mol. The van der Waals surface area contributed by atoms with Crippen LogP contribution in [0.2, 0.25) is 5.02 Å². The molecule has 6 heteroatoms. The van der Waals surface area contributed by atoms with E-state index < -0.39 is 0 Å². The molecule has 1 aliphatic carbocycles. The predicted octanol–water partition coefficient (Wildman–Crippen LogP) is 5.18. The molecule has 5 nitrogen and oxygen atoms in total. The molecule has 1 heterocycles. The second kappa shape index (κ2) is 11.7.